The molecule has 0 saturated carbocycles. The fourth-order valence-corrected chi connectivity index (χ4v) is 1.59. The second kappa shape index (κ2) is 4.66. The lowest BCUT2D eigenvalue weighted by Crippen LogP contribution is -2.12. The van der Waals surface area contributed by atoms with Crippen molar-refractivity contribution in [2.24, 2.45) is 5.73 Å². The van der Waals surface area contributed by atoms with Crippen molar-refractivity contribution in [3.05, 3.63) is 35.4 Å². The largest absolute Gasteiger partial charge is 0.416 e. The monoisotopic (exact) mass is 217 g/mol. The molecule has 0 aromatic heterocycles. The number of hydrogen-bond donors (Lipinski definition) is 1. The predicted molar refractivity (Wildman–Crippen MR) is 53.5 cm³/mol. The zero-order valence-electron chi connectivity index (χ0n) is 8.51. The second-order valence-electron chi connectivity index (χ2n) is 3.56. The third-order valence-corrected chi connectivity index (χ3v) is 2.40. The number of rotatable bonds is 3. The summed E-state index contributed by atoms with van der Waals surface area (Å²) in [6, 6.07) is 5.66. The van der Waals surface area contributed by atoms with Crippen molar-refractivity contribution in [1.82, 2.24) is 0 Å². The zero-order chi connectivity index (χ0) is 11.5. The SMILES string of the molecule is CC(CCN)c1ccccc1C(F)(F)F. The summed E-state index contributed by atoms with van der Waals surface area (Å²) in [5, 5.41) is 0. The molecule has 0 heterocycles. The molecule has 0 bridgehead atoms. The van der Waals surface area contributed by atoms with Crippen LogP contribution in [0.3, 0.4) is 0 Å². The normalized spacial score (nSPS) is 13.9. The minimum atomic E-state index is -4.28. The van der Waals surface area contributed by atoms with Gasteiger partial charge in [0.1, 0.15) is 0 Å². The van der Waals surface area contributed by atoms with Gasteiger partial charge in [0, 0.05) is 0 Å². The Balaban J connectivity index is 3.06. The van der Waals surface area contributed by atoms with E-state index in [2.05, 4.69) is 0 Å². The standard InChI is InChI=1S/C11H14F3N/c1-8(6-7-15)9-4-2-3-5-10(9)11(12,13)14/h2-5,8H,6-7,15H2,1H3. The van der Waals surface area contributed by atoms with E-state index in [1.807, 2.05) is 0 Å². The first kappa shape index (κ1) is 12.0. The Hall–Kier alpha value is -1.03. The highest BCUT2D eigenvalue weighted by molar-refractivity contribution is 5.32. The fraction of sp³-hybridized carbons (Fsp3) is 0.455. The van der Waals surface area contributed by atoms with Gasteiger partial charge in [-0.15, -0.1) is 0 Å². The second-order valence-corrected chi connectivity index (χ2v) is 3.56. The van der Waals surface area contributed by atoms with Gasteiger partial charge in [-0.3, -0.25) is 0 Å². The van der Waals surface area contributed by atoms with Crippen molar-refractivity contribution in [2.45, 2.75) is 25.4 Å². The van der Waals surface area contributed by atoms with Crippen molar-refractivity contribution in [1.29, 1.82) is 0 Å². The number of halogens is 3. The van der Waals surface area contributed by atoms with E-state index in [9.17, 15) is 13.2 Å². The summed E-state index contributed by atoms with van der Waals surface area (Å²) in [5.74, 6) is -0.159. The van der Waals surface area contributed by atoms with Crippen LogP contribution in [0.5, 0.6) is 0 Å². The molecule has 0 saturated heterocycles. The summed E-state index contributed by atoms with van der Waals surface area (Å²) in [5.41, 5.74) is 5.12. The summed E-state index contributed by atoms with van der Waals surface area (Å²) in [4.78, 5) is 0. The lowest BCUT2D eigenvalue weighted by Gasteiger charge is -2.17. The van der Waals surface area contributed by atoms with Crippen LogP contribution in [0.2, 0.25) is 0 Å². The number of hydrogen-bond acceptors (Lipinski definition) is 1. The van der Waals surface area contributed by atoms with Crippen molar-refractivity contribution in [3.63, 3.8) is 0 Å². The molecule has 0 radical (unpaired) electrons. The minimum Gasteiger partial charge on any atom is -0.330 e. The van der Waals surface area contributed by atoms with Gasteiger partial charge in [-0.1, -0.05) is 25.1 Å². The topological polar surface area (TPSA) is 26.0 Å². The maximum atomic E-state index is 12.6. The third-order valence-electron chi connectivity index (χ3n) is 2.40. The van der Waals surface area contributed by atoms with Crippen LogP contribution in [0.25, 0.3) is 0 Å². The Morgan fingerprint density at radius 2 is 1.87 bits per heavy atom. The molecule has 0 aliphatic carbocycles. The Bertz CT molecular complexity index is 320. The number of benzene rings is 1. The Morgan fingerprint density at radius 1 is 1.27 bits per heavy atom. The Kier molecular flexibility index (Phi) is 3.74. The molecule has 0 aliphatic rings. The van der Waals surface area contributed by atoms with Gasteiger partial charge < -0.3 is 5.73 Å². The summed E-state index contributed by atoms with van der Waals surface area (Å²) in [7, 11) is 0. The molecular weight excluding hydrogens is 203 g/mol. The van der Waals surface area contributed by atoms with Crippen LogP contribution in [0, 0.1) is 0 Å². The van der Waals surface area contributed by atoms with E-state index in [1.54, 1.807) is 13.0 Å². The van der Waals surface area contributed by atoms with Gasteiger partial charge in [-0.2, -0.15) is 13.2 Å². The van der Waals surface area contributed by atoms with Crippen molar-refractivity contribution < 1.29 is 13.2 Å². The van der Waals surface area contributed by atoms with Crippen LogP contribution in [0.15, 0.2) is 24.3 Å². The number of alkyl halides is 3. The van der Waals surface area contributed by atoms with Crippen LogP contribution in [0.4, 0.5) is 13.2 Å². The molecule has 1 aromatic carbocycles. The first-order chi connectivity index (χ1) is 6.96. The first-order valence-electron chi connectivity index (χ1n) is 4.83. The summed E-state index contributed by atoms with van der Waals surface area (Å²) in [6.45, 7) is 2.16. The molecule has 4 heteroatoms. The van der Waals surface area contributed by atoms with Crippen molar-refractivity contribution >= 4 is 0 Å². The maximum Gasteiger partial charge on any atom is 0.416 e. The van der Waals surface area contributed by atoms with Gasteiger partial charge in [0.15, 0.2) is 0 Å². The lowest BCUT2D eigenvalue weighted by molar-refractivity contribution is -0.138. The molecule has 1 nitrogen and oxygen atoms in total. The maximum absolute atomic E-state index is 12.6. The van der Waals surface area contributed by atoms with Crippen LogP contribution in [-0.4, -0.2) is 6.54 Å². The van der Waals surface area contributed by atoms with Crippen molar-refractivity contribution in [2.75, 3.05) is 6.54 Å². The van der Waals surface area contributed by atoms with Crippen LogP contribution in [0.1, 0.15) is 30.4 Å². The van der Waals surface area contributed by atoms with Gasteiger partial charge in [-0.05, 0) is 30.5 Å². The van der Waals surface area contributed by atoms with Crippen LogP contribution < -0.4 is 5.73 Å². The summed E-state index contributed by atoms with van der Waals surface area (Å²) < 4.78 is 37.9. The van der Waals surface area contributed by atoms with E-state index >= 15 is 0 Å². The highest BCUT2D eigenvalue weighted by Gasteiger charge is 2.33. The number of nitrogens with two attached hydrogens (primary N) is 1. The van der Waals surface area contributed by atoms with Crippen LogP contribution >= 0.6 is 0 Å². The molecule has 0 aliphatic heterocycles. The van der Waals surface area contributed by atoms with E-state index < -0.39 is 11.7 Å². The van der Waals surface area contributed by atoms with Crippen LogP contribution in [-0.2, 0) is 6.18 Å². The van der Waals surface area contributed by atoms with E-state index in [0.29, 0.717) is 18.5 Å². The molecule has 1 unspecified atom stereocenters. The highest BCUT2D eigenvalue weighted by Crippen LogP contribution is 2.35. The van der Waals surface area contributed by atoms with E-state index in [-0.39, 0.29) is 5.92 Å². The highest BCUT2D eigenvalue weighted by atomic mass is 19.4. The van der Waals surface area contributed by atoms with E-state index in [4.69, 9.17) is 5.73 Å². The zero-order valence-corrected chi connectivity index (χ0v) is 8.51. The summed E-state index contributed by atoms with van der Waals surface area (Å²) in [6.07, 6.45) is -3.72. The Morgan fingerprint density at radius 3 is 2.40 bits per heavy atom. The average molecular weight is 217 g/mol. The van der Waals surface area contributed by atoms with E-state index in [1.165, 1.54) is 12.1 Å². The lowest BCUT2D eigenvalue weighted by atomic mass is 9.93. The van der Waals surface area contributed by atoms with Gasteiger partial charge >= 0.3 is 6.18 Å². The molecule has 0 fully saturated rings. The molecule has 1 aromatic rings. The van der Waals surface area contributed by atoms with Crippen molar-refractivity contribution in [3.8, 4) is 0 Å². The average Bonchev–Trinajstić information content (AvgIpc) is 2.17. The van der Waals surface area contributed by atoms with Gasteiger partial charge in [-0.25, -0.2) is 0 Å². The molecular formula is C11H14F3N. The fourth-order valence-electron chi connectivity index (χ4n) is 1.59. The molecule has 0 amide bonds. The Labute approximate surface area is 87.1 Å². The first-order valence-corrected chi connectivity index (χ1v) is 4.83. The van der Waals surface area contributed by atoms with Gasteiger partial charge in [0.05, 0.1) is 5.56 Å². The molecule has 2 N–H and O–H groups in total. The smallest absolute Gasteiger partial charge is 0.330 e. The molecule has 15 heavy (non-hydrogen) atoms. The minimum absolute atomic E-state index is 0.159. The quantitative estimate of drug-likeness (QED) is 0.826. The molecule has 1 atom stereocenters. The van der Waals surface area contributed by atoms with Gasteiger partial charge in [0.2, 0.25) is 0 Å². The van der Waals surface area contributed by atoms with Gasteiger partial charge in [0.25, 0.3) is 0 Å². The molecule has 0 spiro atoms. The molecule has 1 rings (SSSR count). The van der Waals surface area contributed by atoms with E-state index in [0.717, 1.165) is 6.07 Å². The summed E-state index contributed by atoms with van der Waals surface area (Å²) >= 11 is 0. The third kappa shape index (κ3) is 2.96. The molecule has 84 valence electrons. The predicted octanol–water partition coefficient (Wildman–Crippen LogP) is 3.16.